The van der Waals surface area contributed by atoms with Crippen LogP contribution in [0.4, 0.5) is 0 Å². The van der Waals surface area contributed by atoms with E-state index in [2.05, 4.69) is 0 Å². The van der Waals surface area contributed by atoms with Crippen molar-refractivity contribution in [1.29, 1.82) is 0 Å². The van der Waals surface area contributed by atoms with E-state index in [0.29, 0.717) is 17.1 Å². The molecule has 1 aromatic carbocycles. The van der Waals surface area contributed by atoms with Crippen molar-refractivity contribution in [3.63, 3.8) is 0 Å². The molecule has 0 aliphatic carbocycles. The molecule has 0 fully saturated rings. The minimum Gasteiger partial charge on any atom is -0.506 e. The molecule has 0 spiro atoms. The summed E-state index contributed by atoms with van der Waals surface area (Å²) in [5.74, 6) is 0.683. The molecule has 1 N–H and O–H groups in total. The van der Waals surface area contributed by atoms with Gasteiger partial charge in [0.05, 0.1) is 5.02 Å². The Bertz CT molecular complexity index is 428. The van der Waals surface area contributed by atoms with Gasteiger partial charge in [0.2, 0.25) is 6.79 Å². The van der Waals surface area contributed by atoms with Crippen molar-refractivity contribution in [3.8, 4) is 17.2 Å². The van der Waals surface area contributed by atoms with Gasteiger partial charge in [-0.1, -0.05) is 11.6 Å². The lowest BCUT2D eigenvalue weighted by molar-refractivity contribution is -0.116. The van der Waals surface area contributed by atoms with Crippen LogP contribution in [0.5, 0.6) is 17.2 Å². The summed E-state index contributed by atoms with van der Waals surface area (Å²) in [6.07, 6.45) is 0.0814. The first-order chi connectivity index (χ1) is 7.09. The zero-order chi connectivity index (χ0) is 11.0. The summed E-state index contributed by atoms with van der Waals surface area (Å²) in [6.45, 7) is 1.52. The normalized spacial score (nSPS) is 12.9. The van der Waals surface area contributed by atoms with Crippen LogP contribution in [0.2, 0.25) is 5.02 Å². The van der Waals surface area contributed by atoms with Gasteiger partial charge in [0, 0.05) is 18.1 Å². The number of rotatable bonds is 2. The Balaban J connectivity index is 2.55. The first kappa shape index (κ1) is 10.1. The number of ether oxygens (including phenoxy) is 2. The van der Waals surface area contributed by atoms with Crippen LogP contribution < -0.4 is 9.47 Å². The molecule has 1 aromatic rings. The van der Waals surface area contributed by atoms with Crippen LogP contribution in [0.1, 0.15) is 12.5 Å². The number of hydrogen-bond donors (Lipinski definition) is 1. The Morgan fingerprint density at radius 3 is 3.00 bits per heavy atom. The average Bonchev–Trinajstić information content (AvgIpc) is 2.59. The largest absolute Gasteiger partial charge is 0.506 e. The van der Waals surface area contributed by atoms with Gasteiger partial charge in [-0.15, -0.1) is 0 Å². The maximum Gasteiger partial charge on any atom is 0.231 e. The van der Waals surface area contributed by atoms with Crippen LogP contribution in [-0.2, 0) is 11.2 Å². The second-order valence-electron chi connectivity index (χ2n) is 3.30. The van der Waals surface area contributed by atoms with Gasteiger partial charge in [-0.3, -0.25) is 4.79 Å². The topological polar surface area (TPSA) is 55.8 Å². The molecular weight excluding hydrogens is 220 g/mol. The van der Waals surface area contributed by atoms with Crippen molar-refractivity contribution in [1.82, 2.24) is 0 Å². The number of carbonyl (C=O) groups excluding carboxylic acids is 1. The summed E-state index contributed by atoms with van der Waals surface area (Å²) in [6, 6.07) is 1.48. The molecule has 80 valence electrons. The highest BCUT2D eigenvalue weighted by Gasteiger charge is 2.24. The van der Waals surface area contributed by atoms with Gasteiger partial charge >= 0.3 is 0 Å². The summed E-state index contributed by atoms with van der Waals surface area (Å²) in [7, 11) is 0. The third-order valence-corrected chi connectivity index (χ3v) is 2.40. The fourth-order valence-electron chi connectivity index (χ4n) is 1.48. The second kappa shape index (κ2) is 3.62. The molecule has 0 saturated carbocycles. The number of ketones is 1. The van der Waals surface area contributed by atoms with Crippen molar-refractivity contribution in [2.45, 2.75) is 13.3 Å². The number of halogens is 1. The zero-order valence-electron chi connectivity index (χ0n) is 8.04. The van der Waals surface area contributed by atoms with Crippen LogP contribution >= 0.6 is 11.6 Å². The van der Waals surface area contributed by atoms with Crippen molar-refractivity contribution < 1.29 is 19.4 Å². The number of fused-ring (bicyclic) bond motifs is 1. The lowest BCUT2D eigenvalue weighted by Gasteiger charge is -2.08. The summed E-state index contributed by atoms with van der Waals surface area (Å²) in [5, 5.41) is 9.85. The molecule has 0 radical (unpaired) electrons. The van der Waals surface area contributed by atoms with Gasteiger partial charge in [0.25, 0.3) is 0 Å². The maximum absolute atomic E-state index is 11.0. The Kier molecular flexibility index (Phi) is 2.44. The third kappa shape index (κ3) is 1.72. The standard InChI is InChI=1S/C10H9ClO4/c1-5(12)2-6-9(13)7(11)3-8-10(6)15-4-14-8/h3,13H,2,4H2,1H3. The first-order valence-electron chi connectivity index (χ1n) is 4.39. The van der Waals surface area contributed by atoms with E-state index in [-0.39, 0.29) is 29.8 Å². The molecule has 1 aliphatic heterocycles. The number of aromatic hydroxyl groups is 1. The number of phenols is 1. The molecule has 0 bridgehead atoms. The number of Topliss-reactive ketones (excluding diaryl/α,β-unsaturated/α-hetero) is 1. The zero-order valence-corrected chi connectivity index (χ0v) is 8.80. The molecule has 0 aromatic heterocycles. The minimum atomic E-state index is -0.115. The van der Waals surface area contributed by atoms with E-state index in [1.54, 1.807) is 0 Å². The smallest absolute Gasteiger partial charge is 0.231 e. The molecule has 1 aliphatic rings. The molecule has 0 saturated heterocycles. The van der Waals surface area contributed by atoms with E-state index >= 15 is 0 Å². The molecular formula is C10H9ClO4. The van der Waals surface area contributed by atoms with E-state index in [4.69, 9.17) is 21.1 Å². The molecule has 2 rings (SSSR count). The van der Waals surface area contributed by atoms with Gasteiger partial charge in [-0.05, 0) is 6.92 Å². The van der Waals surface area contributed by atoms with Crippen LogP contribution in [0.15, 0.2) is 6.07 Å². The molecule has 5 heteroatoms. The van der Waals surface area contributed by atoms with Crippen molar-refractivity contribution >= 4 is 17.4 Å². The fraction of sp³-hybridized carbons (Fsp3) is 0.300. The summed E-state index contributed by atoms with van der Waals surface area (Å²) in [4.78, 5) is 11.0. The van der Waals surface area contributed by atoms with Crippen molar-refractivity contribution in [2.24, 2.45) is 0 Å². The van der Waals surface area contributed by atoms with Crippen molar-refractivity contribution in [2.75, 3.05) is 6.79 Å². The SMILES string of the molecule is CC(=O)Cc1c(O)c(Cl)cc2c1OCO2. The number of phenolic OH excluding ortho intramolecular Hbond substituents is 1. The van der Waals surface area contributed by atoms with E-state index in [0.717, 1.165) is 0 Å². The maximum atomic E-state index is 11.0. The van der Waals surface area contributed by atoms with E-state index < -0.39 is 0 Å². The van der Waals surface area contributed by atoms with Crippen LogP contribution in [0.25, 0.3) is 0 Å². The van der Waals surface area contributed by atoms with Gasteiger partial charge in [-0.25, -0.2) is 0 Å². The average molecular weight is 229 g/mol. The van der Waals surface area contributed by atoms with Gasteiger partial charge in [0.15, 0.2) is 11.5 Å². The highest BCUT2D eigenvalue weighted by molar-refractivity contribution is 6.32. The second-order valence-corrected chi connectivity index (χ2v) is 3.71. The lowest BCUT2D eigenvalue weighted by atomic mass is 10.1. The Hall–Kier alpha value is -1.42. The monoisotopic (exact) mass is 228 g/mol. The first-order valence-corrected chi connectivity index (χ1v) is 4.76. The third-order valence-electron chi connectivity index (χ3n) is 2.11. The lowest BCUT2D eigenvalue weighted by Crippen LogP contribution is -1.99. The number of benzene rings is 1. The van der Waals surface area contributed by atoms with Crippen LogP contribution in [0, 0.1) is 0 Å². The molecule has 4 nitrogen and oxygen atoms in total. The molecule has 0 amide bonds. The molecule has 0 unspecified atom stereocenters. The quantitative estimate of drug-likeness (QED) is 0.840. The van der Waals surface area contributed by atoms with Crippen LogP contribution in [0.3, 0.4) is 0 Å². The predicted molar refractivity (Wildman–Crippen MR) is 53.6 cm³/mol. The van der Waals surface area contributed by atoms with E-state index in [1.807, 2.05) is 0 Å². The summed E-state index contributed by atoms with van der Waals surface area (Å²) in [5.41, 5.74) is 0.391. The number of carbonyl (C=O) groups is 1. The number of hydrogen-bond acceptors (Lipinski definition) is 4. The fourth-order valence-corrected chi connectivity index (χ4v) is 1.69. The van der Waals surface area contributed by atoms with E-state index in [9.17, 15) is 9.90 Å². The molecule has 1 heterocycles. The highest BCUT2D eigenvalue weighted by atomic mass is 35.5. The minimum absolute atomic E-state index is 0.0785. The summed E-state index contributed by atoms with van der Waals surface area (Å²) < 4.78 is 10.3. The predicted octanol–water partition coefficient (Wildman–Crippen LogP) is 1.91. The van der Waals surface area contributed by atoms with Crippen molar-refractivity contribution in [3.05, 3.63) is 16.7 Å². The summed E-state index contributed by atoms with van der Waals surface area (Å²) >= 11 is 5.78. The Morgan fingerprint density at radius 2 is 2.33 bits per heavy atom. The van der Waals surface area contributed by atoms with Gasteiger partial charge < -0.3 is 14.6 Å². The molecule has 0 atom stereocenters. The van der Waals surface area contributed by atoms with Crippen LogP contribution in [-0.4, -0.2) is 17.7 Å². The van der Waals surface area contributed by atoms with Gasteiger partial charge in [0.1, 0.15) is 11.5 Å². The van der Waals surface area contributed by atoms with E-state index in [1.165, 1.54) is 13.0 Å². The molecule has 15 heavy (non-hydrogen) atoms. The van der Waals surface area contributed by atoms with Gasteiger partial charge in [-0.2, -0.15) is 0 Å². The highest BCUT2D eigenvalue weighted by Crippen LogP contribution is 2.44. The Labute approximate surface area is 91.4 Å². The Morgan fingerprint density at radius 1 is 1.60 bits per heavy atom.